The fourth-order valence-electron chi connectivity index (χ4n) is 3.16. The molecular weight excluding hydrogens is 342 g/mol. The van der Waals surface area contributed by atoms with Crippen molar-refractivity contribution in [1.82, 2.24) is 25.4 Å². The van der Waals surface area contributed by atoms with Crippen molar-refractivity contribution in [2.24, 2.45) is 5.92 Å². The second kappa shape index (κ2) is 7.69. The fourth-order valence-corrected chi connectivity index (χ4v) is 3.16. The molecule has 2 aromatic carbocycles. The average Bonchev–Trinajstić information content (AvgIpc) is 3.34. The van der Waals surface area contributed by atoms with E-state index in [0.717, 1.165) is 11.3 Å². The van der Waals surface area contributed by atoms with Crippen LogP contribution >= 0.6 is 0 Å². The van der Waals surface area contributed by atoms with Crippen LogP contribution in [0.25, 0.3) is 17.1 Å². The first-order valence-corrected chi connectivity index (χ1v) is 8.97. The number of benzene rings is 2. The third-order valence-electron chi connectivity index (χ3n) is 4.67. The molecule has 7 nitrogen and oxygen atoms in total. The summed E-state index contributed by atoms with van der Waals surface area (Å²) in [4.78, 5) is 17.1. The Kier molecular flexibility index (Phi) is 4.95. The van der Waals surface area contributed by atoms with Crippen LogP contribution in [0.5, 0.6) is 0 Å². The van der Waals surface area contributed by atoms with Gasteiger partial charge >= 0.3 is 0 Å². The van der Waals surface area contributed by atoms with Crippen molar-refractivity contribution in [2.45, 2.75) is 6.10 Å². The lowest BCUT2D eigenvalue weighted by Gasteiger charge is -2.12. The van der Waals surface area contributed by atoms with Gasteiger partial charge in [0.15, 0.2) is 5.82 Å². The number of aromatic nitrogens is 3. The first-order chi connectivity index (χ1) is 13.2. The topological polar surface area (TPSA) is 92.1 Å². The van der Waals surface area contributed by atoms with E-state index in [4.69, 9.17) is 0 Å². The molecular formula is C20H21N5O2. The number of carbonyl (C=O) groups is 1. The van der Waals surface area contributed by atoms with Crippen LogP contribution in [0.1, 0.15) is 10.6 Å². The monoisotopic (exact) mass is 363 g/mol. The molecule has 1 fully saturated rings. The molecule has 4 rings (SSSR count). The number of rotatable bonds is 5. The Labute approximate surface area is 157 Å². The molecule has 0 bridgehead atoms. The van der Waals surface area contributed by atoms with E-state index >= 15 is 0 Å². The number of nitrogens with zero attached hydrogens (tertiary/aromatic N) is 3. The Balaban J connectivity index is 1.62. The average molecular weight is 363 g/mol. The standard InChI is InChI=1S/C20H21N5O2/c26-17-13-21-11-15(17)12-22-20(27)18-23-19(14-7-3-1-4-8-14)25(24-18)16-9-5-2-6-10-16/h1-10,15,17,21,26H,11-13H2,(H,22,27). The summed E-state index contributed by atoms with van der Waals surface area (Å²) < 4.78 is 1.68. The second-order valence-electron chi connectivity index (χ2n) is 6.57. The molecule has 1 saturated heterocycles. The number of carbonyl (C=O) groups excluding carboxylic acids is 1. The number of amides is 1. The zero-order valence-electron chi connectivity index (χ0n) is 14.7. The molecule has 0 spiro atoms. The molecule has 1 aromatic heterocycles. The van der Waals surface area contributed by atoms with E-state index in [2.05, 4.69) is 20.7 Å². The van der Waals surface area contributed by atoms with E-state index in [1.807, 2.05) is 60.7 Å². The number of para-hydroxylation sites is 1. The minimum atomic E-state index is -0.444. The van der Waals surface area contributed by atoms with E-state index < -0.39 is 6.10 Å². The predicted octanol–water partition coefficient (Wildman–Crippen LogP) is 1.24. The van der Waals surface area contributed by atoms with Gasteiger partial charge in [-0.1, -0.05) is 48.5 Å². The maximum Gasteiger partial charge on any atom is 0.291 e. The maximum absolute atomic E-state index is 12.6. The van der Waals surface area contributed by atoms with Gasteiger partial charge in [0.05, 0.1) is 11.8 Å². The van der Waals surface area contributed by atoms with Gasteiger partial charge in [-0.2, -0.15) is 0 Å². The normalized spacial score (nSPS) is 19.1. The number of aliphatic hydroxyl groups excluding tert-OH is 1. The predicted molar refractivity (Wildman–Crippen MR) is 101 cm³/mol. The van der Waals surface area contributed by atoms with Crippen LogP contribution in [0.2, 0.25) is 0 Å². The van der Waals surface area contributed by atoms with Gasteiger partial charge in [0, 0.05) is 31.1 Å². The molecule has 1 aliphatic rings. The number of hydrogen-bond acceptors (Lipinski definition) is 5. The molecule has 2 unspecified atom stereocenters. The maximum atomic E-state index is 12.6. The lowest BCUT2D eigenvalue weighted by Crippen LogP contribution is -2.34. The first-order valence-electron chi connectivity index (χ1n) is 8.97. The van der Waals surface area contributed by atoms with Gasteiger partial charge in [-0.3, -0.25) is 4.79 Å². The van der Waals surface area contributed by atoms with E-state index in [9.17, 15) is 9.90 Å². The Morgan fingerprint density at radius 2 is 1.81 bits per heavy atom. The minimum absolute atomic E-state index is 0.00115. The van der Waals surface area contributed by atoms with Crippen molar-refractivity contribution in [3.05, 3.63) is 66.5 Å². The molecule has 2 atom stereocenters. The van der Waals surface area contributed by atoms with Crippen LogP contribution in [0.4, 0.5) is 0 Å². The number of β-amino-alcohol motifs (C(OH)–C–C–N with tert-alkyl or cyclic N) is 1. The second-order valence-corrected chi connectivity index (χ2v) is 6.57. The SMILES string of the molecule is O=C(NCC1CNCC1O)c1nc(-c2ccccc2)n(-c2ccccc2)n1. The first kappa shape index (κ1) is 17.4. The summed E-state index contributed by atoms with van der Waals surface area (Å²) in [5.41, 5.74) is 1.71. The Morgan fingerprint density at radius 1 is 1.11 bits per heavy atom. The van der Waals surface area contributed by atoms with E-state index in [1.54, 1.807) is 4.68 Å². The van der Waals surface area contributed by atoms with Gasteiger partial charge < -0.3 is 15.7 Å². The third-order valence-corrected chi connectivity index (χ3v) is 4.67. The van der Waals surface area contributed by atoms with Crippen LogP contribution in [0.3, 0.4) is 0 Å². The Morgan fingerprint density at radius 3 is 2.48 bits per heavy atom. The summed E-state index contributed by atoms with van der Waals surface area (Å²) in [5, 5.41) is 20.2. The summed E-state index contributed by atoms with van der Waals surface area (Å²) in [7, 11) is 0. The van der Waals surface area contributed by atoms with Crippen molar-refractivity contribution < 1.29 is 9.90 Å². The van der Waals surface area contributed by atoms with Crippen LogP contribution in [0, 0.1) is 5.92 Å². The van der Waals surface area contributed by atoms with Crippen molar-refractivity contribution in [1.29, 1.82) is 0 Å². The molecule has 7 heteroatoms. The smallest absolute Gasteiger partial charge is 0.291 e. The lowest BCUT2D eigenvalue weighted by molar-refractivity contribution is 0.0917. The molecule has 27 heavy (non-hydrogen) atoms. The molecule has 0 radical (unpaired) electrons. The fraction of sp³-hybridized carbons (Fsp3) is 0.250. The molecule has 1 amide bonds. The highest BCUT2D eigenvalue weighted by molar-refractivity contribution is 5.91. The van der Waals surface area contributed by atoms with Gasteiger partial charge in [0.25, 0.3) is 5.91 Å². The molecule has 3 N–H and O–H groups in total. The molecule has 0 aliphatic carbocycles. The summed E-state index contributed by atoms with van der Waals surface area (Å²) in [6, 6.07) is 19.3. The number of hydrogen-bond donors (Lipinski definition) is 3. The van der Waals surface area contributed by atoms with Crippen molar-refractivity contribution in [3.63, 3.8) is 0 Å². The van der Waals surface area contributed by atoms with Crippen molar-refractivity contribution in [2.75, 3.05) is 19.6 Å². The summed E-state index contributed by atoms with van der Waals surface area (Å²) in [6.45, 7) is 1.62. The summed E-state index contributed by atoms with van der Waals surface area (Å²) >= 11 is 0. The molecule has 0 saturated carbocycles. The Bertz CT molecular complexity index is 854. The van der Waals surface area contributed by atoms with Crippen LogP contribution in [-0.2, 0) is 0 Å². The zero-order valence-corrected chi connectivity index (χ0v) is 14.7. The Hall–Kier alpha value is -3.03. The van der Waals surface area contributed by atoms with Crippen LogP contribution < -0.4 is 10.6 Å². The third kappa shape index (κ3) is 3.74. The van der Waals surface area contributed by atoms with E-state index in [1.165, 1.54) is 0 Å². The molecule has 1 aliphatic heterocycles. The molecule has 2 heterocycles. The summed E-state index contributed by atoms with van der Waals surface area (Å²) in [6.07, 6.45) is -0.444. The van der Waals surface area contributed by atoms with Gasteiger partial charge in [-0.15, -0.1) is 5.10 Å². The highest BCUT2D eigenvalue weighted by atomic mass is 16.3. The van der Waals surface area contributed by atoms with Crippen LogP contribution in [0.15, 0.2) is 60.7 Å². The van der Waals surface area contributed by atoms with Crippen LogP contribution in [-0.4, -0.2) is 51.5 Å². The number of nitrogens with one attached hydrogen (secondary N) is 2. The van der Waals surface area contributed by atoms with Gasteiger partial charge in [0.2, 0.25) is 5.82 Å². The van der Waals surface area contributed by atoms with Crippen molar-refractivity contribution in [3.8, 4) is 17.1 Å². The van der Waals surface area contributed by atoms with Gasteiger partial charge in [0.1, 0.15) is 0 Å². The van der Waals surface area contributed by atoms with Gasteiger partial charge in [-0.25, -0.2) is 9.67 Å². The molecule has 3 aromatic rings. The largest absolute Gasteiger partial charge is 0.391 e. The highest BCUT2D eigenvalue weighted by Crippen LogP contribution is 2.21. The minimum Gasteiger partial charge on any atom is -0.391 e. The summed E-state index contributed by atoms with van der Waals surface area (Å²) in [5.74, 6) is 0.368. The molecule has 138 valence electrons. The zero-order chi connectivity index (χ0) is 18.6. The van der Waals surface area contributed by atoms with Gasteiger partial charge in [-0.05, 0) is 12.1 Å². The number of aliphatic hydroxyl groups is 1. The van der Waals surface area contributed by atoms with Crippen molar-refractivity contribution >= 4 is 5.91 Å². The quantitative estimate of drug-likeness (QED) is 0.634. The lowest BCUT2D eigenvalue weighted by atomic mass is 10.1. The van der Waals surface area contributed by atoms with E-state index in [0.29, 0.717) is 25.5 Å². The highest BCUT2D eigenvalue weighted by Gasteiger charge is 2.26. The van der Waals surface area contributed by atoms with E-state index in [-0.39, 0.29) is 17.6 Å².